The first-order valence-electron chi connectivity index (χ1n) is 5.90. The fourth-order valence-corrected chi connectivity index (χ4v) is 2.39. The lowest BCUT2D eigenvalue weighted by Gasteiger charge is -2.12. The molecule has 0 bridgehead atoms. The molecule has 3 nitrogen and oxygen atoms in total. The third kappa shape index (κ3) is 2.34. The van der Waals surface area contributed by atoms with Crippen LogP contribution in [0.1, 0.15) is 27.9 Å². The quantitative estimate of drug-likeness (QED) is 0.754. The van der Waals surface area contributed by atoms with Crippen LogP contribution in [0.25, 0.3) is 0 Å². The number of methoxy groups -OCH3 is 1. The number of benzene rings is 1. The number of ether oxygens (including phenoxy) is 2. The van der Waals surface area contributed by atoms with Crippen LogP contribution in [0, 0.1) is 19.8 Å². The highest BCUT2D eigenvalue weighted by Gasteiger charge is 2.25. The molecule has 0 N–H and O–H groups in total. The maximum atomic E-state index is 12.2. The van der Waals surface area contributed by atoms with E-state index in [1.54, 1.807) is 7.11 Å². The molecule has 1 unspecified atom stereocenters. The number of carbonyl (C=O) groups is 1. The van der Waals surface area contributed by atoms with Crippen LogP contribution in [-0.2, 0) is 4.74 Å². The van der Waals surface area contributed by atoms with Crippen molar-refractivity contribution in [2.45, 2.75) is 20.3 Å². The van der Waals surface area contributed by atoms with Crippen LogP contribution in [0.4, 0.5) is 0 Å². The summed E-state index contributed by atoms with van der Waals surface area (Å²) >= 11 is 0. The Labute approximate surface area is 102 Å². The van der Waals surface area contributed by atoms with E-state index in [1.807, 2.05) is 26.0 Å². The molecule has 0 aliphatic carbocycles. The average molecular weight is 234 g/mol. The summed E-state index contributed by atoms with van der Waals surface area (Å²) in [5.41, 5.74) is 2.79. The summed E-state index contributed by atoms with van der Waals surface area (Å²) in [5, 5.41) is 0. The van der Waals surface area contributed by atoms with Crippen molar-refractivity contribution in [3.8, 4) is 5.75 Å². The molecule has 1 aromatic carbocycles. The Bertz CT molecular complexity index is 408. The molecule has 0 amide bonds. The van der Waals surface area contributed by atoms with Gasteiger partial charge >= 0.3 is 0 Å². The summed E-state index contributed by atoms with van der Waals surface area (Å²) in [6.45, 7) is 5.19. The number of ketones is 1. The standard InChI is InChI=1S/C14H18O3/c1-9-6-12(7-10(2)14(9)16-3)13(15)11-4-5-17-8-11/h6-7,11H,4-5,8H2,1-3H3. The van der Waals surface area contributed by atoms with E-state index in [2.05, 4.69) is 0 Å². The summed E-state index contributed by atoms with van der Waals surface area (Å²) in [6, 6.07) is 3.82. The number of hydrogen-bond donors (Lipinski definition) is 0. The average Bonchev–Trinajstić information content (AvgIpc) is 2.81. The number of rotatable bonds is 3. The molecule has 0 spiro atoms. The zero-order valence-corrected chi connectivity index (χ0v) is 10.6. The van der Waals surface area contributed by atoms with E-state index in [4.69, 9.17) is 9.47 Å². The fourth-order valence-electron chi connectivity index (χ4n) is 2.39. The van der Waals surface area contributed by atoms with Crippen molar-refractivity contribution in [2.75, 3.05) is 20.3 Å². The molecule has 0 aromatic heterocycles. The molecule has 92 valence electrons. The van der Waals surface area contributed by atoms with Crippen LogP contribution >= 0.6 is 0 Å². The molecule has 0 radical (unpaired) electrons. The van der Waals surface area contributed by atoms with E-state index < -0.39 is 0 Å². The zero-order valence-electron chi connectivity index (χ0n) is 10.6. The summed E-state index contributed by atoms with van der Waals surface area (Å²) in [4.78, 5) is 12.2. The van der Waals surface area contributed by atoms with Crippen molar-refractivity contribution in [3.63, 3.8) is 0 Å². The maximum Gasteiger partial charge on any atom is 0.168 e. The smallest absolute Gasteiger partial charge is 0.168 e. The van der Waals surface area contributed by atoms with Crippen molar-refractivity contribution in [3.05, 3.63) is 28.8 Å². The minimum atomic E-state index is 0.0298. The van der Waals surface area contributed by atoms with Gasteiger partial charge in [-0.1, -0.05) is 0 Å². The van der Waals surface area contributed by atoms with E-state index in [-0.39, 0.29) is 11.7 Å². The van der Waals surface area contributed by atoms with E-state index in [9.17, 15) is 4.79 Å². The number of aryl methyl sites for hydroxylation is 2. The maximum absolute atomic E-state index is 12.2. The van der Waals surface area contributed by atoms with Crippen LogP contribution in [0.2, 0.25) is 0 Å². The van der Waals surface area contributed by atoms with Gasteiger partial charge in [-0.2, -0.15) is 0 Å². The minimum absolute atomic E-state index is 0.0298. The second-order valence-corrected chi connectivity index (χ2v) is 4.57. The number of Topliss-reactive ketones (excluding diaryl/α,β-unsaturated/α-hetero) is 1. The van der Waals surface area contributed by atoms with Gasteiger partial charge in [-0.25, -0.2) is 0 Å². The lowest BCUT2D eigenvalue weighted by molar-refractivity contribution is 0.0900. The Hall–Kier alpha value is -1.35. The molecule has 1 aromatic rings. The van der Waals surface area contributed by atoms with Gasteiger partial charge in [0.05, 0.1) is 13.7 Å². The minimum Gasteiger partial charge on any atom is -0.496 e. The van der Waals surface area contributed by atoms with E-state index in [1.165, 1.54) is 0 Å². The predicted octanol–water partition coefficient (Wildman–Crippen LogP) is 2.53. The highest BCUT2D eigenvalue weighted by atomic mass is 16.5. The summed E-state index contributed by atoms with van der Waals surface area (Å²) in [7, 11) is 1.65. The monoisotopic (exact) mass is 234 g/mol. The largest absolute Gasteiger partial charge is 0.496 e. The van der Waals surface area contributed by atoms with Gasteiger partial charge in [0, 0.05) is 18.1 Å². The summed E-state index contributed by atoms with van der Waals surface area (Å²) < 4.78 is 10.6. The van der Waals surface area contributed by atoms with Crippen LogP contribution in [0.5, 0.6) is 5.75 Å². The second kappa shape index (κ2) is 4.88. The molecule has 0 saturated carbocycles. The lowest BCUT2D eigenvalue weighted by Crippen LogP contribution is -2.15. The van der Waals surface area contributed by atoms with Crippen LogP contribution in [0.15, 0.2) is 12.1 Å². The molecule has 17 heavy (non-hydrogen) atoms. The zero-order chi connectivity index (χ0) is 12.4. The highest BCUT2D eigenvalue weighted by molar-refractivity contribution is 5.98. The number of carbonyl (C=O) groups excluding carboxylic acids is 1. The molecule has 1 saturated heterocycles. The van der Waals surface area contributed by atoms with Crippen molar-refractivity contribution in [2.24, 2.45) is 5.92 Å². The van der Waals surface area contributed by atoms with Crippen LogP contribution in [0.3, 0.4) is 0 Å². The van der Waals surface area contributed by atoms with Crippen LogP contribution in [-0.4, -0.2) is 26.1 Å². The van der Waals surface area contributed by atoms with Gasteiger partial charge in [0.1, 0.15) is 5.75 Å². The van der Waals surface area contributed by atoms with E-state index in [0.717, 1.165) is 28.9 Å². The van der Waals surface area contributed by atoms with Crippen molar-refractivity contribution in [1.29, 1.82) is 0 Å². The first kappa shape index (κ1) is 12.1. The second-order valence-electron chi connectivity index (χ2n) is 4.57. The van der Waals surface area contributed by atoms with E-state index >= 15 is 0 Å². The third-order valence-corrected chi connectivity index (χ3v) is 3.25. The van der Waals surface area contributed by atoms with Gasteiger partial charge in [-0.15, -0.1) is 0 Å². The Kier molecular flexibility index (Phi) is 3.48. The van der Waals surface area contributed by atoms with Gasteiger partial charge < -0.3 is 9.47 Å². The molecule has 1 aliphatic heterocycles. The fraction of sp³-hybridized carbons (Fsp3) is 0.500. The first-order chi connectivity index (χ1) is 8.13. The first-order valence-corrected chi connectivity index (χ1v) is 5.90. The van der Waals surface area contributed by atoms with Crippen molar-refractivity contribution >= 4 is 5.78 Å². The molecule has 2 rings (SSSR count). The van der Waals surface area contributed by atoms with Crippen LogP contribution < -0.4 is 4.74 Å². The van der Waals surface area contributed by atoms with Crippen molar-refractivity contribution < 1.29 is 14.3 Å². The van der Waals surface area contributed by atoms with Gasteiger partial charge in [0.25, 0.3) is 0 Å². The normalized spacial score (nSPS) is 19.4. The van der Waals surface area contributed by atoms with Crippen molar-refractivity contribution in [1.82, 2.24) is 0 Å². The molecule has 1 atom stereocenters. The molecular formula is C14H18O3. The third-order valence-electron chi connectivity index (χ3n) is 3.25. The van der Waals surface area contributed by atoms with Gasteiger partial charge in [0.2, 0.25) is 0 Å². The Morgan fingerprint density at radius 2 is 2.00 bits per heavy atom. The van der Waals surface area contributed by atoms with Gasteiger partial charge in [0.15, 0.2) is 5.78 Å². The highest BCUT2D eigenvalue weighted by Crippen LogP contribution is 2.27. The Morgan fingerprint density at radius 3 is 2.47 bits per heavy atom. The molecule has 1 aliphatic rings. The molecule has 1 heterocycles. The Balaban J connectivity index is 2.30. The van der Waals surface area contributed by atoms with Gasteiger partial charge in [-0.05, 0) is 43.5 Å². The number of hydrogen-bond acceptors (Lipinski definition) is 3. The van der Waals surface area contributed by atoms with E-state index in [0.29, 0.717) is 13.2 Å². The molecule has 1 fully saturated rings. The molecule has 3 heteroatoms. The predicted molar refractivity (Wildman–Crippen MR) is 65.7 cm³/mol. The van der Waals surface area contributed by atoms with Gasteiger partial charge in [-0.3, -0.25) is 4.79 Å². The Morgan fingerprint density at radius 1 is 1.35 bits per heavy atom. The summed E-state index contributed by atoms with van der Waals surface area (Å²) in [6.07, 6.45) is 0.836. The SMILES string of the molecule is COc1c(C)cc(C(=O)C2CCOC2)cc1C. The molecular weight excluding hydrogens is 216 g/mol. The summed E-state index contributed by atoms with van der Waals surface area (Å²) in [5.74, 6) is 1.09. The topological polar surface area (TPSA) is 35.5 Å². The lowest BCUT2D eigenvalue weighted by atomic mass is 9.94.